The molecule has 0 radical (unpaired) electrons. The first-order valence-corrected chi connectivity index (χ1v) is 8.26. The van der Waals surface area contributed by atoms with Crippen LogP contribution in [0.15, 0.2) is 46.9 Å². The molecule has 1 N–H and O–H groups in total. The van der Waals surface area contributed by atoms with Gasteiger partial charge in [-0.1, -0.05) is 12.1 Å². The molecule has 0 spiro atoms. The van der Waals surface area contributed by atoms with Crippen molar-refractivity contribution >= 4 is 27.8 Å². The van der Waals surface area contributed by atoms with Gasteiger partial charge in [0, 0.05) is 11.0 Å². The van der Waals surface area contributed by atoms with Crippen LogP contribution in [0, 0.1) is 5.82 Å². The third-order valence-electron chi connectivity index (χ3n) is 3.43. The first-order valence-electron chi connectivity index (χ1n) is 7.47. The van der Waals surface area contributed by atoms with Crippen molar-refractivity contribution in [3.63, 3.8) is 0 Å². The van der Waals surface area contributed by atoms with Crippen LogP contribution in [-0.2, 0) is 16.1 Å². The lowest BCUT2D eigenvalue weighted by atomic mass is 10.2. The van der Waals surface area contributed by atoms with Crippen molar-refractivity contribution in [3.05, 3.63) is 63.9 Å². The molecular formula is C18H17BrFNO4. The highest BCUT2D eigenvalue weighted by atomic mass is 79.9. The summed E-state index contributed by atoms with van der Waals surface area (Å²) >= 11 is 3.10. The molecule has 2 aromatic carbocycles. The van der Waals surface area contributed by atoms with Gasteiger partial charge in [0.15, 0.2) is 6.10 Å². The van der Waals surface area contributed by atoms with Crippen LogP contribution in [0.25, 0.3) is 0 Å². The molecule has 0 unspecified atom stereocenters. The Kier molecular flexibility index (Phi) is 6.52. The van der Waals surface area contributed by atoms with Crippen LogP contribution in [0.3, 0.4) is 0 Å². The summed E-state index contributed by atoms with van der Waals surface area (Å²) in [5, 5.41) is 2.69. The third-order valence-corrected chi connectivity index (χ3v) is 4.09. The first kappa shape index (κ1) is 18.9. The minimum absolute atomic E-state index is 0.149. The Hall–Kier alpha value is -2.41. The zero-order chi connectivity index (χ0) is 18.4. The van der Waals surface area contributed by atoms with Crippen LogP contribution >= 0.6 is 15.9 Å². The topological polar surface area (TPSA) is 64.6 Å². The summed E-state index contributed by atoms with van der Waals surface area (Å²) in [6, 6.07) is 10.8. The summed E-state index contributed by atoms with van der Waals surface area (Å²) < 4.78 is 23.5. The number of carbonyl (C=O) groups is 2. The van der Waals surface area contributed by atoms with Gasteiger partial charge in [-0.3, -0.25) is 4.79 Å². The van der Waals surface area contributed by atoms with E-state index in [9.17, 15) is 14.0 Å². The SMILES string of the molecule is COc1ccc(CNC(=O)[C@H](C)OC(=O)c2ccc(F)cc2Br)cc1. The molecule has 0 aliphatic carbocycles. The molecule has 7 heteroatoms. The number of rotatable bonds is 6. The minimum Gasteiger partial charge on any atom is -0.497 e. The maximum atomic E-state index is 13.1. The predicted molar refractivity (Wildman–Crippen MR) is 93.8 cm³/mol. The molecule has 2 rings (SSSR count). The summed E-state index contributed by atoms with van der Waals surface area (Å²) in [4.78, 5) is 24.1. The molecule has 132 valence electrons. The molecular weight excluding hydrogens is 393 g/mol. The molecule has 0 aromatic heterocycles. The van der Waals surface area contributed by atoms with Gasteiger partial charge in [0.1, 0.15) is 11.6 Å². The average molecular weight is 410 g/mol. The van der Waals surface area contributed by atoms with E-state index in [0.717, 1.165) is 23.4 Å². The zero-order valence-electron chi connectivity index (χ0n) is 13.7. The molecule has 0 saturated carbocycles. The number of ether oxygens (including phenoxy) is 2. The number of benzene rings is 2. The molecule has 0 bridgehead atoms. The number of carbonyl (C=O) groups excluding carboxylic acids is 2. The van der Waals surface area contributed by atoms with Crippen LogP contribution in [0.2, 0.25) is 0 Å². The van der Waals surface area contributed by atoms with Gasteiger partial charge >= 0.3 is 5.97 Å². The fourth-order valence-electron chi connectivity index (χ4n) is 2.01. The van der Waals surface area contributed by atoms with E-state index in [2.05, 4.69) is 21.2 Å². The lowest BCUT2D eigenvalue weighted by molar-refractivity contribution is -0.129. The van der Waals surface area contributed by atoms with E-state index in [0.29, 0.717) is 6.54 Å². The number of nitrogens with one attached hydrogen (secondary N) is 1. The smallest absolute Gasteiger partial charge is 0.340 e. The Balaban J connectivity index is 1.89. The highest BCUT2D eigenvalue weighted by Crippen LogP contribution is 2.19. The molecule has 0 saturated heterocycles. The van der Waals surface area contributed by atoms with Gasteiger partial charge in [-0.05, 0) is 58.7 Å². The van der Waals surface area contributed by atoms with Crippen LogP contribution in [0.1, 0.15) is 22.8 Å². The van der Waals surface area contributed by atoms with Crippen molar-refractivity contribution in [1.29, 1.82) is 0 Å². The van der Waals surface area contributed by atoms with Crippen molar-refractivity contribution < 1.29 is 23.5 Å². The monoisotopic (exact) mass is 409 g/mol. The van der Waals surface area contributed by atoms with Gasteiger partial charge in [-0.2, -0.15) is 0 Å². The fourth-order valence-corrected chi connectivity index (χ4v) is 2.52. The van der Waals surface area contributed by atoms with E-state index in [1.54, 1.807) is 19.2 Å². The van der Waals surface area contributed by atoms with E-state index in [4.69, 9.17) is 9.47 Å². The molecule has 25 heavy (non-hydrogen) atoms. The Morgan fingerprint density at radius 1 is 1.20 bits per heavy atom. The molecule has 1 amide bonds. The number of hydrogen-bond donors (Lipinski definition) is 1. The standard InChI is InChI=1S/C18H17BrFNO4/c1-11(25-18(23)15-8-5-13(20)9-16(15)19)17(22)21-10-12-3-6-14(24-2)7-4-12/h3-9,11H,10H2,1-2H3,(H,21,22)/t11-/m0/s1. The second-order valence-electron chi connectivity index (χ2n) is 5.24. The molecule has 2 aromatic rings. The number of methoxy groups -OCH3 is 1. The molecule has 0 aliphatic heterocycles. The number of hydrogen-bond acceptors (Lipinski definition) is 4. The van der Waals surface area contributed by atoms with Crippen LogP contribution < -0.4 is 10.1 Å². The number of halogens is 2. The maximum Gasteiger partial charge on any atom is 0.340 e. The molecule has 0 heterocycles. The van der Waals surface area contributed by atoms with E-state index >= 15 is 0 Å². The lowest BCUT2D eigenvalue weighted by Crippen LogP contribution is -2.35. The first-order chi connectivity index (χ1) is 11.9. The maximum absolute atomic E-state index is 13.1. The molecule has 5 nitrogen and oxygen atoms in total. The van der Waals surface area contributed by atoms with Crippen molar-refractivity contribution in [1.82, 2.24) is 5.32 Å². The Morgan fingerprint density at radius 3 is 2.48 bits per heavy atom. The van der Waals surface area contributed by atoms with E-state index < -0.39 is 23.8 Å². The highest BCUT2D eigenvalue weighted by Gasteiger charge is 2.20. The molecule has 0 fully saturated rings. The van der Waals surface area contributed by atoms with E-state index in [1.807, 2.05) is 12.1 Å². The van der Waals surface area contributed by atoms with E-state index in [-0.39, 0.29) is 10.0 Å². The normalized spacial score (nSPS) is 11.5. The zero-order valence-corrected chi connectivity index (χ0v) is 15.3. The summed E-state index contributed by atoms with van der Waals surface area (Å²) in [5.41, 5.74) is 1.03. The average Bonchev–Trinajstić information content (AvgIpc) is 2.59. The fraction of sp³-hybridized carbons (Fsp3) is 0.222. The predicted octanol–water partition coefficient (Wildman–Crippen LogP) is 3.46. The highest BCUT2D eigenvalue weighted by molar-refractivity contribution is 9.10. The summed E-state index contributed by atoms with van der Waals surface area (Å²) in [6.07, 6.45) is -0.984. The van der Waals surface area contributed by atoms with Crippen molar-refractivity contribution in [2.45, 2.75) is 19.6 Å². The van der Waals surface area contributed by atoms with Crippen LogP contribution in [0.4, 0.5) is 4.39 Å². The second-order valence-corrected chi connectivity index (χ2v) is 6.09. The summed E-state index contributed by atoms with van der Waals surface area (Å²) in [7, 11) is 1.58. The summed E-state index contributed by atoms with van der Waals surface area (Å²) in [5.74, 6) is -0.891. The van der Waals surface area contributed by atoms with Gasteiger partial charge in [0.25, 0.3) is 5.91 Å². The van der Waals surface area contributed by atoms with Gasteiger partial charge in [0.2, 0.25) is 0 Å². The van der Waals surface area contributed by atoms with Gasteiger partial charge < -0.3 is 14.8 Å². The van der Waals surface area contributed by atoms with Gasteiger partial charge in [-0.25, -0.2) is 9.18 Å². The molecule has 0 aliphatic rings. The quantitative estimate of drug-likeness (QED) is 0.741. The van der Waals surface area contributed by atoms with Gasteiger partial charge in [-0.15, -0.1) is 0 Å². The second kappa shape index (κ2) is 8.62. The summed E-state index contributed by atoms with van der Waals surface area (Å²) in [6.45, 7) is 1.77. The third kappa shape index (κ3) is 5.29. The number of esters is 1. The largest absolute Gasteiger partial charge is 0.497 e. The number of amides is 1. The van der Waals surface area contributed by atoms with Crippen molar-refractivity contribution in [3.8, 4) is 5.75 Å². The Bertz CT molecular complexity index is 764. The Labute approximate surface area is 153 Å². The van der Waals surface area contributed by atoms with Gasteiger partial charge in [0.05, 0.1) is 12.7 Å². The van der Waals surface area contributed by atoms with Crippen molar-refractivity contribution in [2.75, 3.05) is 7.11 Å². The van der Waals surface area contributed by atoms with Crippen molar-refractivity contribution in [2.24, 2.45) is 0 Å². The molecule has 1 atom stereocenters. The Morgan fingerprint density at radius 2 is 1.88 bits per heavy atom. The van der Waals surface area contributed by atoms with E-state index in [1.165, 1.54) is 13.0 Å². The van der Waals surface area contributed by atoms with Crippen LogP contribution in [0.5, 0.6) is 5.75 Å². The van der Waals surface area contributed by atoms with Crippen LogP contribution in [-0.4, -0.2) is 25.1 Å². The lowest BCUT2D eigenvalue weighted by Gasteiger charge is -2.14. The minimum atomic E-state index is -0.984.